The average Bonchev–Trinajstić information content (AvgIpc) is 2.87. The number of hydrogen-bond acceptors (Lipinski definition) is 6. The van der Waals surface area contributed by atoms with E-state index in [1.807, 2.05) is 6.92 Å². The summed E-state index contributed by atoms with van der Waals surface area (Å²) in [6, 6.07) is 20.0. The number of ether oxygens (including phenoxy) is 2. The fourth-order valence-corrected chi connectivity index (χ4v) is 5.48. The number of carbonyl (C=O) groups is 2. The molecule has 0 aromatic heterocycles. The van der Waals surface area contributed by atoms with Gasteiger partial charge < -0.3 is 14.4 Å². The molecule has 0 N–H and O–H groups in total. The summed E-state index contributed by atoms with van der Waals surface area (Å²) in [4.78, 5) is 27.2. The molecule has 1 amide bonds. The van der Waals surface area contributed by atoms with Crippen molar-refractivity contribution in [2.24, 2.45) is 0 Å². The first-order valence-corrected chi connectivity index (χ1v) is 13.0. The molecule has 0 aliphatic carbocycles. The predicted molar refractivity (Wildman–Crippen MR) is 135 cm³/mol. The topological polar surface area (TPSA) is 93.2 Å². The van der Waals surface area contributed by atoms with Gasteiger partial charge in [0.1, 0.15) is 5.75 Å². The lowest BCUT2D eigenvalue weighted by molar-refractivity contribution is -0.148. The number of fused-ring (bicyclic) bond motifs is 1. The van der Waals surface area contributed by atoms with Gasteiger partial charge in [-0.15, -0.1) is 0 Å². The van der Waals surface area contributed by atoms with Crippen LogP contribution < -0.4 is 9.64 Å². The van der Waals surface area contributed by atoms with Gasteiger partial charge in [0.2, 0.25) is 22.0 Å². The largest absolute Gasteiger partial charge is 0.475 e. The highest BCUT2D eigenvalue weighted by atomic mass is 35.5. The minimum absolute atomic E-state index is 0.0674. The van der Waals surface area contributed by atoms with Crippen molar-refractivity contribution in [3.8, 4) is 5.75 Å². The van der Waals surface area contributed by atoms with E-state index >= 15 is 0 Å². The number of nitrogens with zero attached hydrogens (tertiary/aromatic N) is 2. The highest BCUT2D eigenvalue weighted by Crippen LogP contribution is 2.34. The third-order valence-electron chi connectivity index (χ3n) is 5.76. The van der Waals surface area contributed by atoms with Gasteiger partial charge in [0.05, 0.1) is 30.8 Å². The first kappa shape index (κ1) is 25.7. The van der Waals surface area contributed by atoms with Gasteiger partial charge in [0.15, 0.2) is 0 Å². The van der Waals surface area contributed by atoms with E-state index in [0.29, 0.717) is 22.0 Å². The molecule has 36 heavy (non-hydrogen) atoms. The minimum Gasteiger partial charge on any atom is -0.475 e. The Balaban J connectivity index is 1.69. The first-order valence-electron chi connectivity index (χ1n) is 11.1. The normalized spacial score (nSPS) is 15.2. The summed E-state index contributed by atoms with van der Waals surface area (Å²) in [7, 11) is -2.82. The summed E-state index contributed by atoms with van der Waals surface area (Å²) < 4.78 is 38.9. The Labute approximate surface area is 215 Å². The number of amides is 1. The number of sulfonamides is 1. The Morgan fingerprint density at radius 3 is 2.50 bits per heavy atom. The molecule has 0 spiro atoms. The van der Waals surface area contributed by atoms with Crippen LogP contribution in [0, 0.1) is 6.92 Å². The molecule has 3 aromatic carbocycles. The Morgan fingerprint density at radius 1 is 1.08 bits per heavy atom. The minimum atomic E-state index is -4.05. The van der Waals surface area contributed by atoms with Gasteiger partial charge in [0.25, 0.3) is 0 Å². The Hall–Kier alpha value is -3.40. The van der Waals surface area contributed by atoms with Crippen LogP contribution in [0.15, 0.2) is 77.7 Å². The third kappa shape index (κ3) is 5.53. The molecule has 0 saturated carbocycles. The van der Waals surface area contributed by atoms with Crippen LogP contribution in [0.2, 0.25) is 5.02 Å². The number of hydrogen-bond donors (Lipinski definition) is 0. The van der Waals surface area contributed by atoms with E-state index in [1.54, 1.807) is 60.7 Å². The maximum Gasteiger partial charge on any atom is 0.348 e. The standard InChI is InChI=1S/C26H25ClN2O6S/c1-18-10-12-21(13-11-18)36(32,33)28(15-19-6-5-7-20(27)14-19)17-25(30)29-16-24(26(31)34-2)35-23-9-4-3-8-22(23)29/h3-14,24H,15-17H2,1-2H3/t24-/m0/s1. The molecule has 1 aliphatic heterocycles. The molecule has 0 unspecified atom stereocenters. The van der Waals surface area contributed by atoms with Crippen molar-refractivity contribution in [1.82, 2.24) is 4.31 Å². The molecule has 1 heterocycles. The number of carbonyl (C=O) groups excluding carboxylic acids is 2. The highest BCUT2D eigenvalue weighted by molar-refractivity contribution is 7.89. The fourth-order valence-electron chi connectivity index (χ4n) is 3.89. The van der Waals surface area contributed by atoms with Crippen LogP contribution >= 0.6 is 11.6 Å². The van der Waals surface area contributed by atoms with Gasteiger partial charge in [-0.2, -0.15) is 4.31 Å². The van der Waals surface area contributed by atoms with Crippen molar-refractivity contribution in [3.05, 3.63) is 88.9 Å². The van der Waals surface area contributed by atoms with Crippen molar-refractivity contribution >= 4 is 39.2 Å². The lowest BCUT2D eigenvalue weighted by Crippen LogP contribution is -2.50. The van der Waals surface area contributed by atoms with Crippen molar-refractivity contribution in [3.63, 3.8) is 0 Å². The van der Waals surface area contributed by atoms with Gasteiger partial charge >= 0.3 is 5.97 Å². The number of esters is 1. The molecule has 0 bridgehead atoms. The summed E-state index contributed by atoms with van der Waals surface area (Å²) in [5.74, 6) is -0.821. The number of methoxy groups -OCH3 is 1. The van der Waals surface area contributed by atoms with Crippen LogP contribution in [0.25, 0.3) is 0 Å². The highest BCUT2D eigenvalue weighted by Gasteiger charge is 2.36. The van der Waals surface area contributed by atoms with E-state index in [9.17, 15) is 18.0 Å². The molecule has 1 aliphatic rings. The number of halogens is 1. The van der Waals surface area contributed by atoms with Gasteiger partial charge in [-0.3, -0.25) is 4.79 Å². The molecule has 0 saturated heterocycles. The monoisotopic (exact) mass is 528 g/mol. The van der Waals surface area contributed by atoms with Crippen molar-refractivity contribution in [1.29, 1.82) is 0 Å². The summed E-state index contributed by atoms with van der Waals surface area (Å²) >= 11 is 6.12. The molecule has 0 fully saturated rings. The van der Waals surface area contributed by atoms with Gasteiger partial charge in [0, 0.05) is 11.6 Å². The van der Waals surface area contributed by atoms with Crippen LogP contribution in [0.1, 0.15) is 11.1 Å². The van der Waals surface area contributed by atoms with Crippen LogP contribution in [-0.4, -0.2) is 50.9 Å². The molecule has 8 nitrogen and oxygen atoms in total. The Morgan fingerprint density at radius 2 is 1.81 bits per heavy atom. The maximum absolute atomic E-state index is 13.6. The number of rotatable bonds is 7. The van der Waals surface area contributed by atoms with Crippen LogP contribution in [0.5, 0.6) is 5.75 Å². The zero-order valence-electron chi connectivity index (χ0n) is 19.8. The van der Waals surface area contributed by atoms with Crippen molar-refractivity contribution in [2.75, 3.05) is 25.1 Å². The smallest absolute Gasteiger partial charge is 0.348 e. The van der Waals surface area contributed by atoms with E-state index in [-0.39, 0.29) is 18.0 Å². The molecule has 188 valence electrons. The summed E-state index contributed by atoms with van der Waals surface area (Å²) in [6.45, 7) is 1.20. The van der Waals surface area contributed by atoms with Gasteiger partial charge in [-0.25, -0.2) is 13.2 Å². The second-order valence-electron chi connectivity index (χ2n) is 8.32. The predicted octanol–water partition coefficient (Wildman–Crippen LogP) is 3.81. The molecular formula is C26H25ClN2O6S. The van der Waals surface area contributed by atoms with E-state index in [2.05, 4.69) is 0 Å². The lowest BCUT2D eigenvalue weighted by Gasteiger charge is -2.34. The van der Waals surface area contributed by atoms with Gasteiger partial charge in [-0.05, 0) is 48.9 Å². The van der Waals surface area contributed by atoms with E-state index in [0.717, 1.165) is 9.87 Å². The van der Waals surface area contributed by atoms with Crippen molar-refractivity contribution in [2.45, 2.75) is 24.5 Å². The zero-order valence-corrected chi connectivity index (χ0v) is 21.3. The van der Waals surface area contributed by atoms with E-state index < -0.39 is 34.5 Å². The summed E-state index contributed by atoms with van der Waals surface area (Å²) in [5, 5.41) is 0.453. The van der Waals surface area contributed by atoms with Crippen molar-refractivity contribution < 1.29 is 27.5 Å². The third-order valence-corrected chi connectivity index (χ3v) is 7.80. The number of aryl methyl sites for hydroxylation is 1. The molecule has 3 aromatic rings. The van der Waals surface area contributed by atoms with E-state index in [4.69, 9.17) is 21.1 Å². The number of para-hydroxylation sites is 2. The molecule has 10 heteroatoms. The number of benzene rings is 3. The molecule has 4 rings (SSSR count). The molecule has 0 radical (unpaired) electrons. The fraction of sp³-hybridized carbons (Fsp3) is 0.231. The van der Waals surface area contributed by atoms with Crippen LogP contribution in [0.3, 0.4) is 0 Å². The van der Waals surface area contributed by atoms with Crippen LogP contribution in [0.4, 0.5) is 5.69 Å². The van der Waals surface area contributed by atoms with Crippen LogP contribution in [-0.2, 0) is 30.9 Å². The SMILES string of the molecule is COC(=O)[C@@H]1CN(C(=O)CN(Cc2cccc(Cl)c2)S(=O)(=O)c2ccc(C)cc2)c2ccccc2O1. The average molecular weight is 529 g/mol. The molecular weight excluding hydrogens is 504 g/mol. The second-order valence-corrected chi connectivity index (χ2v) is 10.7. The summed E-state index contributed by atoms with van der Waals surface area (Å²) in [6.07, 6.45) is -1.04. The summed E-state index contributed by atoms with van der Waals surface area (Å²) in [5.41, 5.74) is 1.98. The Bertz CT molecular complexity index is 1380. The van der Waals surface area contributed by atoms with E-state index in [1.165, 1.54) is 24.1 Å². The number of anilines is 1. The maximum atomic E-state index is 13.6. The zero-order chi connectivity index (χ0) is 25.9. The quantitative estimate of drug-likeness (QED) is 0.433. The Kier molecular flexibility index (Phi) is 7.63. The second kappa shape index (κ2) is 10.7. The first-order chi connectivity index (χ1) is 17.2. The lowest BCUT2D eigenvalue weighted by atomic mass is 10.2. The molecule has 1 atom stereocenters. The van der Waals surface area contributed by atoms with Gasteiger partial charge in [-0.1, -0.05) is 53.6 Å².